The summed E-state index contributed by atoms with van der Waals surface area (Å²) in [5.41, 5.74) is 0.868. The van der Waals surface area contributed by atoms with E-state index in [0.29, 0.717) is 6.61 Å². The zero-order chi connectivity index (χ0) is 12.3. The summed E-state index contributed by atoms with van der Waals surface area (Å²) in [6, 6.07) is 7.36. The lowest BCUT2D eigenvalue weighted by molar-refractivity contribution is 0.0691. The zero-order valence-electron chi connectivity index (χ0n) is 9.33. The van der Waals surface area contributed by atoms with Crippen LogP contribution in [0.3, 0.4) is 0 Å². The van der Waals surface area contributed by atoms with Gasteiger partial charge >= 0.3 is 5.97 Å². The van der Waals surface area contributed by atoms with Crippen molar-refractivity contribution in [2.45, 2.75) is 6.92 Å². The molecule has 1 N–H and O–H groups in total. The monoisotopic (exact) mass is 232 g/mol. The summed E-state index contributed by atoms with van der Waals surface area (Å²) in [7, 11) is 0. The summed E-state index contributed by atoms with van der Waals surface area (Å²) >= 11 is 0. The predicted molar refractivity (Wildman–Crippen MR) is 61.7 cm³/mol. The summed E-state index contributed by atoms with van der Waals surface area (Å²) in [4.78, 5) is 14.5. The summed E-state index contributed by atoms with van der Waals surface area (Å²) in [6.07, 6.45) is 2.94. The third-order valence-electron chi connectivity index (χ3n) is 2.25. The Morgan fingerprint density at radius 2 is 2.12 bits per heavy atom. The van der Waals surface area contributed by atoms with Crippen LogP contribution < -0.4 is 4.74 Å². The number of ether oxygens (including phenoxy) is 1. The molecule has 5 heteroatoms. The van der Waals surface area contributed by atoms with Gasteiger partial charge in [-0.05, 0) is 31.2 Å². The van der Waals surface area contributed by atoms with Crippen LogP contribution in [-0.4, -0.2) is 27.2 Å². The maximum absolute atomic E-state index is 10.7. The summed E-state index contributed by atoms with van der Waals surface area (Å²) in [6.45, 7) is 2.54. The minimum Gasteiger partial charge on any atom is -0.494 e. The Labute approximate surface area is 98.3 Å². The van der Waals surface area contributed by atoms with E-state index in [1.165, 1.54) is 12.5 Å². The van der Waals surface area contributed by atoms with Crippen molar-refractivity contribution in [1.82, 2.24) is 9.55 Å². The average Bonchev–Trinajstić information content (AvgIpc) is 2.80. The Morgan fingerprint density at radius 1 is 1.41 bits per heavy atom. The summed E-state index contributed by atoms with van der Waals surface area (Å²) in [5.74, 6) is -0.246. The predicted octanol–water partition coefficient (Wildman–Crippen LogP) is 1.97. The SMILES string of the molecule is CCOc1ccc(-n2cnc(C(=O)O)c2)cc1. The van der Waals surface area contributed by atoms with Crippen molar-refractivity contribution in [2.75, 3.05) is 6.61 Å². The van der Waals surface area contributed by atoms with Crippen molar-refractivity contribution < 1.29 is 14.6 Å². The van der Waals surface area contributed by atoms with Gasteiger partial charge < -0.3 is 14.4 Å². The standard InChI is InChI=1S/C12H12N2O3/c1-2-17-10-5-3-9(4-6-10)14-7-11(12(15)16)13-8-14/h3-8H,2H2,1H3,(H,15,16). The van der Waals surface area contributed by atoms with Crippen LogP contribution in [0.2, 0.25) is 0 Å². The molecule has 0 saturated heterocycles. The van der Waals surface area contributed by atoms with E-state index < -0.39 is 5.97 Å². The fourth-order valence-corrected chi connectivity index (χ4v) is 1.46. The normalized spacial score (nSPS) is 10.2. The second kappa shape index (κ2) is 4.69. The number of carbonyl (C=O) groups is 1. The number of imidazole rings is 1. The highest BCUT2D eigenvalue weighted by molar-refractivity contribution is 5.85. The van der Waals surface area contributed by atoms with Crippen LogP contribution in [0, 0.1) is 0 Å². The molecule has 1 aromatic heterocycles. The van der Waals surface area contributed by atoms with Crippen molar-refractivity contribution >= 4 is 5.97 Å². The van der Waals surface area contributed by atoms with Gasteiger partial charge in [0.05, 0.1) is 6.61 Å². The number of benzene rings is 1. The maximum atomic E-state index is 10.7. The van der Waals surface area contributed by atoms with Gasteiger partial charge in [-0.25, -0.2) is 9.78 Å². The minimum atomic E-state index is -1.03. The molecule has 0 bridgehead atoms. The number of hydrogen-bond donors (Lipinski definition) is 1. The van der Waals surface area contributed by atoms with Crippen LogP contribution in [-0.2, 0) is 0 Å². The fourth-order valence-electron chi connectivity index (χ4n) is 1.46. The fraction of sp³-hybridized carbons (Fsp3) is 0.167. The van der Waals surface area contributed by atoms with Crippen LogP contribution in [0.15, 0.2) is 36.8 Å². The minimum absolute atomic E-state index is 0.0267. The van der Waals surface area contributed by atoms with E-state index in [4.69, 9.17) is 9.84 Å². The molecule has 5 nitrogen and oxygen atoms in total. The van der Waals surface area contributed by atoms with Gasteiger partial charge in [-0.2, -0.15) is 0 Å². The van der Waals surface area contributed by atoms with Crippen LogP contribution in [0.5, 0.6) is 5.75 Å². The first kappa shape index (κ1) is 11.2. The highest BCUT2D eigenvalue weighted by Gasteiger charge is 2.07. The molecule has 0 radical (unpaired) electrons. The molecule has 1 aromatic carbocycles. The van der Waals surface area contributed by atoms with Gasteiger partial charge in [0.25, 0.3) is 0 Å². The molecule has 1 heterocycles. The molecule has 0 fully saturated rings. The van der Waals surface area contributed by atoms with Crippen molar-refractivity contribution in [2.24, 2.45) is 0 Å². The molecule has 2 aromatic rings. The number of carboxylic acid groups (broad SMARTS) is 1. The van der Waals surface area contributed by atoms with Crippen LogP contribution in [0.25, 0.3) is 5.69 Å². The second-order valence-electron chi connectivity index (χ2n) is 3.40. The molecule has 0 amide bonds. The maximum Gasteiger partial charge on any atom is 0.356 e. The highest BCUT2D eigenvalue weighted by atomic mass is 16.5. The lowest BCUT2D eigenvalue weighted by Crippen LogP contribution is -1.96. The number of nitrogens with zero attached hydrogens (tertiary/aromatic N) is 2. The molecule has 0 aliphatic heterocycles. The van der Waals surface area contributed by atoms with E-state index >= 15 is 0 Å². The zero-order valence-corrected chi connectivity index (χ0v) is 9.33. The van der Waals surface area contributed by atoms with Gasteiger partial charge in [-0.15, -0.1) is 0 Å². The van der Waals surface area contributed by atoms with E-state index in [-0.39, 0.29) is 5.69 Å². The largest absolute Gasteiger partial charge is 0.494 e. The van der Waals surface area contributed by atoms with E-state index in [1.807, 2.05) is 31.2 Å². The number of aromatic carboxylic acids is 1. The molecule has 0 atom stereocenters. The summed E-state index contributed by atoms with van der Waals surface area (Å²) < 4.78 is 6.97. The Balaban J connectivity index is 2.23. The van der Waals surface area contributed by atoms with Crippen LogP contribution in [0.1, 0.15) is 17.4 Å². The first-order chi connectivity index (χ1) is 8.20. The lowest BCUT2D eigenvalue weighted by atomic mass is 10.3. The molecule has 0 spiro atoms. The van der Waals surface area contributed by atoms with Crippen LogP contribution in [0.4, 0.5) is 0 Å². The number of aromatic nitrogens is 2. The van der Waals surface area contributed by atoms with Crippen molar-refractivity contribution in [3.05, 3.63) is 42.5 Å². The third kappa shape index (κ3) is 2.44. The highest BCUT2D eigenvalue weighted by Crippen LogP contribution is 2.15. The second-order valence-corrected chi connectivity index (χ2v) is 3.40. The first-order valence-corrected chi connectivity index (χ1v) is 5.21. The van der Waals surface area contributed by atoms with Crippen molar-refractivity contribution in [3.8, 4) is 11.4 Å². The lowest BCUT2D eigenvalue weighted by Gasteiger charge is -2.05. The first-order valence-electron chi connectivity index (χ1n) is 5.21. The molecule has 0 aliphatic carbocycles. The van der Waals surface area contributed by atoms with Gasteiger partial charge in [0.2, 0.25) is 0 Å². The Morgan fingerprint density at radius 3 is 2.65 bits per heavy atom. The number of rotatable bonds is 4. The van der Waals surface area contributed by atoms with E-state index in [0.717, 1.165) is 11.4 Å². The molecule has 17 heavy (non-hydrogen) atoms. The van der Waals surface area contributed by atoms with E-state index in [1.54, 1.807) is 4.57 Å². The molecule has 0 aliphatic rings. The van der Waals surface area contributed by atoms with Gasteiger partial charge in [0.15, 0.2) is 5.69 Å². The van der Waals surface area contributed by atoms with E-state index in [9.17, 15) is 4.79 Å². The Hall–Kier alpha value is -2.30. The molecule has 0 saturated carbocycles. The van der Waals surface area contributed by atoms with Gasteiger partial charge in [0.1, 0.15) is 12.1 Å². The molecule has 88 valence electrons. The van der Waals surface area contributed by atoms with Gasteiger partial charge in [-0.1, -0.05) is 0 Å². The topological polar surface area (TPSA) is 64.4 Å². The van der Waals surface area contributed by atoms with Crippen molar-refractivity contribution in [3.63, 3.8) is 0 Å². The van der Waals surface area contributed by atoms with E-state index in [2.05, 4.69) is 4.98 Å². The molecular weight excluding hydrogens is 220 g/mol. The molecule has 0 unspecified atom stereocenters. The quantitative estimate of drug-likeness (QED) is 0.875. The third-order valence-corrected chi connectivity index (χ3v) is 2.25. The smallest absolute Gasteiger partial charge is 0.356 e. The molecule has 2 rings (SSSR count). The van der Waals surface area contributed by atoms with Crippen LogP contribution >= 0.6 is 0 Å². The summed E-state index contributed by atoms with van der Waals surface area (Å²) in [5, 5.41) is 8.76. The number of hydrogen-bond acceptors (Lipinski definition) is 3. The van der Waals surface area contributed by atoms with Crippen molar-refractivity contribution in [1.29, 1.82) is 0 Å². The Kier molecular flexibility index (Phi) is 3.09. The Bertz CT molecular complexity index is 517. The number of carboxylic acids is 1. The molecular formula is C12H12N2O3. The van der Waals surface area contributed by atoms with Gasteiger partial charge in [0, 0.05) is 11.9 Å². The average molecular weight is 232 g/mol. The van der Waals surface area contributed by atoms with Gasteiger partial charge in [-0.3, -0.25) is 0 Å².